The van der Waals surface area contributed by atoms with Crippen LogP contribution in [0.15, 0.2) is 0 Å². The Bertz CT molecular complexity index is 593. The number of nitrogens with two attached hydrogens (primary N) is 1. The fourth-order valence-corrected chi connectivity index (χ4v) is 3.98. The predicted octanol–water partition coefficient (Wildman–Crippen LogP) is 5.72. The summed E-state index contributed by atoms with van der Waals surface area (Å²) in [5.41, 5.74) is 5.46. The molecule has 37 heavy (non-hydrogen) atoms. The van der Waals surface area contributed by atoms with Crippen LogP contribution in [0.3, 0.4) is 0 Å². The van der Waals surface area contributed by atoms with Gasteiger partial charge in [-0.2, -0.15) is 0 Å². The first-order chi connectivity index (χ1) is 17.7. The lowest BCUT2D eigenvalue weighted by Crippen LogP contribution is -2.41. The van der Waals surface area contributed by atoms with Gasteiger partial charge >= 0.3 is 6.09 Å². The number of nitrogens with one attached hydrogen (secondary N) is 3. The number of carbonyl (C=O) groups excluding carboxylic acids is 3. The lowest BCUT2D eigenvalue weighted by Gasteiger charge is -2.19. The first-order valence-corrected chi connectivity index (χ1v) is 14.9. The van der Waals surface area contributed by atoms with Gasteiger partial charge in [-0.1, -0.05) is 71.1 Å². The number of unbranched alkanes of at least 4 members (excludes halogenated alkanes) is 12. The lowest BCUT2D eigenvalue weighted by atomic mass is 10.1. The van der Waals surface area contributed by atoms with Gasteiger partial charge in [0.25, 0.3) is 0 Å². The van der Waals surface area contributed by atoms with Crippen LogP contribution >= 0.6 is 0 Å². The normalized spacial score (nSPS) is 12.1. The second kappa shape index (κ2) is 23.3. The molecule has 0 heterocycles. The summed E-state index contributed by atoms with van der Waals surface area (Å²) in [4.78, 5) is 35.6. The Morgan fingerprint density at radius 2 is 1.16 bits per heavy atom. The van der Waals surface area contributed by atoms with Gasteiger partial charge in [0.2, 0.25) is 11.8 Å². The van der Waals surface area contributed by atoms with E-state index in [0.29, 0.717) is 25.9 Å². The van der Waals surface area contributed by atoms with Gasteiger partial charge in [-0.25, -0.2) is 4.79 Å². The molecule has 0 aliphatic carbocycles. The van der Waals surface area contributed by atoms with E-state index in [4.69, 9.17) is 10.5 Å². The minimum atomic E-state index is -0.525. The maximum atomic E-state index is 12.1. The molecule has 0 spiro atoms. The molecule has 1 unspecified atom stereocenters. The van der Waals surface area contributed by atoms with Crippen molar-refractivity contribution in [1.29, 1.82) is 0 Å². The summed E-state index contributed by atoms with van der Waals surface area (Å²) in [7, 11) is 0. The standard InChI is InChI=1S/C29H58N4O4/c1-5-6-7-8-9-10-11-12-15-21-26(34)31-22-17-13-14-18-23-32-27(35)25(30)20-16-19-24-33-28(36)37-29(2,3)4/h25H,5-24,30H2,1-4H3,(H,31,34)(H,32,35)(H,33,36). The van der Waals surface area contributed by atoms with Crippen LogP contribution in [0.2, 0.25) is 0 Å². The molecule has 1 atom stereocenters. The first kappa shape index (κ1) is 35.2. The van der Waals surface area contributed by atoms with Crippen molar-refractivity contribution in [2.75, 3.05) is 19.6 Å². The Hall–Kier alpha value is -1.83. The largest absolute Gasteiger partial charge is 0.444 e. The SMILES string of the molecule is CCCCCCCCCCCC(=O)NCCCCCCNC(=O)C(N)CCCCNC(=O)OC(C)(C)C. The topological polar surface area (TPSA) is 123 Å². The van der Waals surface area contributed by atoms with Crippen molar-refractivity contribution in [2.24, 2.45) is 5.73 Å². The van der Waals surface area contributed by atoms with E-state index in [-0.39, 0.29) is 11.8 Å². The highest BCUT2D eigenvalue weighted by Gasteiger charge is 2.16. The quantitative estimate of drug-likeness (QED) is 0.127. The molecule has 0 fully saturated rings. The minimum absolute atomic E-state index is 0.121. The maximum absolute atomic E-state index is 12.1. The van der Waals surface area contributed by atoms with Gasteiger partial charge in [-0.05, 0) is 59.3 Å². The summed E-state index contributed by atoms with van der Waals surface area (Å²) in [6.45, 7) is 9.57. The molecule has 0 saturated carbocycles. The molecule has 0 aliphatic rings. The van der Waals surface area contributed by atoms with E-state index in [1.54, 1.807) is 0 Å². The fourth-order valence-electron chi connectivity index (χ4n) is 3.98. The van der Waals surface area contributed by atoms with Crippen LogP contribution in [-0.2, 0) is 14.3 Å². The van der Waals surface area contributed by atoms with Crippen LogP contribution in [0.25, 0.3) is 0 Å². The number of hydrogen-bond acceptors (Lipinski definition) is 5. The monoisotopic (exact) mass is 526 g/mol. The van der Waals surface area contributed by atoms with E-state index in [1.165, 1.54) is 44.9 Å². The Morgan fingerprint density at radius 3 is 1.76 bits per heavy atom. The van der Waals surface area contributed by atoms with Crippen LogP contribution in [0, 0.1) is 0 Å². The molecule has 0 saturated heterocycles. The molecular weight excluding hydrogens is 468 g/mol. The average Bonchev–Trinajstić information content (AvgIpc) is 2.83. The number of ether oxygens (including phenoxy) is 1. The number of alkyl carbamates (subject to hydrolysis) is 1. The van der Waals surface area contributed by atoms with E-state index in [1.807, 2.05) is 20.8 Å². The molecular formula is C29H58N4O4. The highest BCUT2D eigenvalue weighted by atomic mass is 16.6. The number of hydrogen-bond donors (Lipinski definition) is 4. The van der Waals surface area contributed by atoms with Crippen molar-refractivity contribution >= 4 is 17.9 Å². The molecule has 8 nitrogen and oxygen atoms in total. The van der Waals surface area contributed by atoms with Gasteiger partial charge in [0.05, 0.1) is 6.04 Å². The van der Waals surface area contributed by atoms with Crippen molar-refractivity contribution in [3.05, 3.63) is 0 Å². The summed E-state index contributed by atoms with van der Waals surface area (Å²) in [5, 5.41) is 8.63. The third-order valence-electron chi connectivity index (χ3n) is 6.18. The summed E-state index contributed by atoms with van der Waals surface area (Å²) < 4.78 is 5.18. The van der Waals surface area contributed by atoms with Gasteiger partial charge in [0, 0.05) is 26.1 Å². The molecule has 3 amide bonds. The first-order valence-electron chi connectivity index (χ1n) is 14.9. The van der Waals surface area contributed by atoms with Gasteiger partial charge in [-0.15, -0.1) is 0 Å². The molecule has 0 aromatic heterocycles. The van der Waals surface area contributed by atoms with E-state index >= 15 is 0 Å². The molecule has 0 aliphatic heterocycles. The summed E-state index contributed by atoms with van der Waals surface area (Å²) >= 11 is 0. The molecule has 8 heteroatoms. The van der Waals surface area contributed by atoms with E-state index in [9.17, 15) is 14.4 Å². The van der Waals surface area contributed by atoms with Crippen LogP contribution in [-0.4, -0.2) is 49.2 Å². The van der Waals surface area contributed by atoms with Gasteiger partial charge in [-0.3, -0.25) is 9.59 Å². The Labute approximate surface area is 227 Å². The molecule has 5 N–H and O–H groups in total. The van der Waals surface area contributed by atoms with E-state index in [0.717, 1.165) is 57.9 Å². The van der Waals surface area contributed by atoms with Crippen molar-refractivity contribution in [2.45, 2.75) is 148 Å². The molecule has 0 aromatic carbocycles. The Morgan fingerprint density at radius 1 is 0.676 bits per heavy atom. The van der Waals surface area contributed by atoms with Crippen molar-refractivity contribution < 1.29 is 19.1 Å². The van der Waals surface area contributed by atoms with Gasteiger partial charge in [0.15, 0.2) is 0 Å². The van der Waals surface area contributed by atoms with E-state index in [2.05, 4.69) is 22.9 Å². The molecule has 0 bridgehead atoms. The summed E-state index contributed by atoms with van der Waals surface area (Å²) in [5.74, 6) is 0.0497. The summed E-state index contributed by atoms with van der Waals surface area (Å²) in [6, 6.07) is -0.525. The van der Waals surface area contributed by atoms with E-state index < -0.39 is 17.7 Å². The van der Waals surface area contributed by atoms with Gasteiger partial charge < -0.3 is 26.4 Å². The van der Waals surface area contributed by atoms with Crippen LogP contribution < -0.4 is 21.7 Å². The smallest absolute Gasteiger partial charge is 0.407 e. The van der Waals surface area contributed by atoms with Crippen LogP contribution in [0.5, 0.6) is 0 Å². The number of carbonyl (C=O) groups is 3. The number of rotatable bonds is 23. The number of amides is 3. The summed E-state index contributed by atoms with van der Waals surface area (Å²) in [6.07, 6.45) is 17.6. The third kappa shape index (κ3) is 25.6. The molecule has 0 aromatic rings. The van der Waals surface area contributed by atoms with Gasteiger partial charge in [0.1, 0.15) is 5.60 Å². The minimum Gasteiger partial charge on any atom is -0.444 e. The third-order valence-corrected chi connectivity index (χ3v) is 6.18. The van der Waals surface area contributed by atoms with Crippen molar-refractivity contribution in [1.82, 2.24) is 16.0 Å². The van der Waals surface area contributed by atoms with Crippen molar-refractivity contribution in [3.63, 3.8) is 0 Å². The van der Waals surface area contributed by atoms with Crippen LogP contribution in [0.4, 0.5) is 4.79 Å². The second-order valence-electron chi connectivity index (χ2n) is 11.2. The zero-order chi connectivity index (χ0) is 27.8. The van der Waals surface area contributed by atoms with Crippen molar-refractivity contribution in [3.8, 4) is 0 Å². The maximum Gasteiger partial charge on any atom is 0.407 e. The zero-order valence-electron chi connectivity index (χ0n) is 24.4. The molecule has 0 radical (unpaired) electrons. The molecule has 218 valence electrons. The lowest BCUT2D eigenvalue weighted by molar-refractivity contribution is -0.122. The zero-order valence-corrected chi connectivity index (χ0v) is 24.4. The fraction of sp³-hybridized carbons (Fsp3) is 0.897. The van der Waals surface area contributed by atoms with Crippen LogP contribution in [0.1, 0.15) is 137 Å². The second-order valence-corrected chi connectivity index (χ2v) is 11.2. The average molecular weight is 527 g/mol. The highest BCUT2D eigenvalue weighted by molar-refractivity contribution is 5.81. The highest BCUT2D eigenvalue weighted by Crippen LogP contribution is 2.10. The predicted molar refractivity (Wildman–Crippen MR) is 152 cm³/mol. The Kier molecular flexibility index (Phi) is 22.1. The molecule has 0 rings (SSSR count). The Balaban J connectivity index is 3.49.